The first-order chi connectivity index (χ1) is 19.2. The van der Waals surface area contributed by atoms with Gasteiger partial charge in [0.1, 0.15) is 6.61 Å². The lowest BCUT2D eigenvalue weighted by atomic mass is 9.94. The van der Waals surface area contributed by atoms with Crippen molar-refractivity contribution in [1.82, 2.24) is 10.2 Å². The average molecular weight is 549 g/mol. The van der Waals surface area contributed by atoms with E-state index >= 15 is 0 Å². The lowest BCUT2D eigenvalue weighted by molar-refractivity contribution is -0.151. The molecule has 0 heterocycles. The number of esters is 1. The van der Waals surface area contributed by atoms with Gasteiger partial charge in [-0.3, -0.25) is 14.4 Å². The summed E-state index contributed by atoms with van der Waals surface area (Å²) in [6.45, 7) is 11.4. The minimum Gasteiger partial charge on any atom is -0.463 e. The van der Waals surface area contributed by atoms with Crippen LogP contribution in [0.2, 0.25) is 0 Å². The van der Waals surface area contributed by atoms with Crippen molar-refractivity contribution < 1.29 is 24.2 Å². The molecule has 2 atom stereocenters. The minimum absolute atomic E-state index is 0.00362. The van der Waals surface area contributed by atoms with Gasteiger partial charge in [-0.2, -0.15) is 0 Å². The van der Waals surface area contributed by atoms with Crippen molar-refractivity contribution >= 4 is 17.8 Å². The molecule has 0 bridgehead atoms. The Morgan fingerprint density at radius 2 is 1.60 bits per heavy atom. The van der Waals surface area contributed by atoms with Gasteiger partial charge >= 0.3 is 5.97 Å². The summed E-state index contributed by atoms with van der Waals surface area (Å²) in [5.74, 6) is -1.82. The Labute approximate surface area is 238 Å². The van der Waals surface area contributed by atoms with E-state index in [9.17, 15) is 19.5 Å². The van der Waals surface area contributed by atoms with Crippen LogP contribution in [0, 0.1) is 11.8 Å². The number of aliphatic hydroxyl groups is 1. The molecular formula is C33H44N2O5. The third-order valence-corrected chi connectivity index (χ3v) is 6.60. The number of carbonyl (C=O) groups excluding carboxylic acids is 3. The molecule has 0 aliphatic rings. The fourth-order valence-corrected chi connectivity index (χ4v) is 4.40. The first-order valence-corrected chi connectivity index (χ1v) is 13.9. The molecule has 0 saturated heterocycles. The van der Waals surface area contributed by atoms with Crippen LogP contribution in [0.4, 0.5) is 0 Å². The molecule has 2 N–H and O–H groups in total. The summed E-state index contributed by atoms with van der Waals surface area (Å²) in [5.41, 5.74) is 1.15. The summed E-state index contributed by atoms with van der Waals surface area (Å²) in [6.07, 6.45) is 5.58. The number of rotatable bonds is 18. The maximum atomic E-state index is 13.3. The monoisotopic (exact) mass is 548 g/mol. The highest BCUT2D eigenvalue weighted by Crippen LogP contribution is 2.19. The van der Waals surface area contributed by atoms with Crippen LogP contribution < -0.4 is 5.32 Å². The molecule has 0 aliphatic heterocycles. The molecule has 0 aromatic heterocycles. The van der Waals surface area contributed by atoms with Gasteiger partial charge in [-0.25, -0.2) is 0 Å². The SMILES string of the molecule is C=CCC[C@H](Cc1ccccc1)C(=O)OCC(C)(C)NC(=O)[C@H](CC=C)CC(=O)N(CCO)Cc1ccccc1. The average Bonchev–Trinajstić information content (AvgIpc) is 2.94. The van der Waals surface area contributed by atoms with Crippen molar-refractivity contribution in [1.29, 1.82) is 0 Å². The zero-order valence-electron chi connectivity index (χ0n) is 23.9. The van der Waals surface area contributed by atoms with E-state index < -0.39 is 11.5 Å². The molecule has 216 valence electrons. The number of carbonyl (C=O) groups is 3. The first kappa shape index (κ1) is 32.5. The number of aliphatic hydroxyl groups excluding tert-OH is 1. The van der Waals surface area contributed by atoms with Crippen molar-refractivity contribution in [3.63, 3.8) is 0 Å². The fraction of sp³-hybridized carbons (Fsp3) is 0.424. The van der Waals surface area contributed by atoms with Gasteiger partial charge in [0.2, 0.25) is 11.8 Å². The zero-order chi connectivity index (χ0) is 29.4. The Morgan fingerprint density at radius 3 is 2.17 bits per heavy atom. The number of nitrogens with zero attached hydrogens (tertiary/aromatic N) is 1. The van der Waals surface area contributed by atoms with Crippen molar-refractivity contribution in [3.8, 4) is 0 Å². The summed E-state index contributed by atoms with van der Waals surface area (Å²) >= 11 is 0. The van der Waals surface area contributed by atoms with Gasteiger partial charge in [0.15, 0.2) is 0 Å². The van der Waals surface area contributed by atoms with Crippen LogP contribution in [0.25, 0.3) is 0 Å². The third kappa shape index (κ3) is 11.6. The molecule has 0 radical (unpaired) electrons. The van der Waals surface area contributed by atoms with Gasteiger partial charge in [0, 0.05) is 19.5 Å². The molecule has 2 aromatic rings. The van der Waals surface area contributed by atoms with E-state index in [1.54, 1.807) is 30.9 Å². The fourth-order valence-electron chi connectivity index (χ4n) is 4.40. The number of hydrogen-bond donors (Lipinski definition) is 2. The smallest absolute Gasteiger partial charge is 0.309 e. The molecule has 0 aliphatic carbocycles. The van der Waals surface area contributed by atoms with E-state index in [0.717, 1.165) is 11.1 Å². The summed E-state index contributed by atoms with van der Waals surface area (Å²) < 4.78 is 5.69. The Bertz CT molecular complexity index is 1080. The molecule has 7 heteroatoms. The van der Waals surface area contributed by atoms with Gasteiger partial charge in [-0.05, 0) is 50.7 Å². The second kappa shape index (κ2) is 17.1. The molecule has 40 heavy (non-hydrogen) atoms. The predicted molar refractivity (Wildman–Crippen MR) is 158 cm³/mol. The van der Waals surface area contributed by atoms with E-state index in [0.29, 0.717) is 32.2 Å². The molecule has 2 amide bonds. The molecular weight excluding hydrogens is 504 g/mol. The van der Waals surface area contributed by atoms with Gasteiger partial charge in [0.25, 0.3) is 0 Å². The third-order valence-electron chi connectivity index (χ3n) is 6.60. The number of benzene rings is 2. The quantitative estimate of drug-likeness (QED) is 0.205. The maximum absolute atomic E-state index is 13.3. The Morgan fingerprint density at radius 1 is 0.975 bits per heavy atom. The lowest BCUT2D eigenvalue weighted by Gasteiger charge is -2.30. The van der Waals surface area contributed by atoms with E-state index in [4.69, 9.17) is 4.74 Å². The van der Waals surface area contributed by atoms with Crippen molar-refractivity contribution in [3.05, 3.63) is 97.1 Å². The highest BCUT2D eigenvalue weighted by molar-refractivity contribution is 5.86. The van der Waals surface area contributed by atoms with Gasteiger partial charge in [-0.1, -0.05) is 72.8 Å². The highest BCUT2D eigenvalue weighted by Gasteiger charge is 2.30. The van der Waals surface area contributed by atoms with Crippen molar-refractivity contribution in [2.45, 2.75) is 58.0 Å². The highest BCUT2D eigenvalue weighted by atomic mass is 16.5. The lowest BCUT2D eigenvalue weighted by Crippen LogP contribution is -2.50. The van der Waals surface area contributed by atoms with Crippen LogP contribution in [-0.2, 0) is 32.1 Å². The van der Waals surface area contributed by atoms with Gasteiger partial charge in [0.05, 0.1) is 24.0 Å². The number of nitrogens with one attached hydrogen (secondary N) is 1. The van der Waals surface area contributed by atoms with Crippen LogP contribution in [0.3, 0.4) is 0 Å². The molecule has 0 unspecified atom stereocenters. The maximum Gasteiger partial charge on any atom is 0.309 e. The Kier molecular flexibility index (Phi) is 13.9. The predicted octanol–water partition coefficient (Wildman–Crippen LogP) is 4.85. The molecule has 0 spiro atoms. The molecule has 7 nitrogen and oxygen atoms in total. The number of allylic oxidation sites excluding steroid dienone is 2. The summed E-state index contributed by atoms with van der Waals surface area (Å²) in [7, 11) is 0. The van der Waals surface area contributed by atoms with Crippen LogP contribution in [0.1, 0.15) is 50.7 Å². The van der Waals surface area contributed by atoms with Crippen molar-refractivity contribution in [2.75, 3.05) is 19.8 Å². The minimum atomic E-state index is -0.847. The number of hydrogen-bond acceptors (Lipinski definition) is 5. The van der Waals surface area contributed by atoms with E-state index in [1.807, 2.05) is 60.7 Å². The largest absolute Gasteiger partial charge is 0.463 e. The van der Waals surface area contributed by atoms with Crippen LogP contribution in [0.15, 0.2) is 86.0 Å². The standard InChI is InChI=1S/C33H44N2O5/c1-5-7-19-29(22-26-15-10-8-11-16-26)32(39)40-25-33(3,4)34-31(38)28(14-6-2)23-30(37)35(20-21-36)24-27-17-12-9-13-18-27/h5-6,8-13,15-18,28-29,36H,1-2,7,14,19-25H2,3-4H3,(H,34,38)/t28-,29-/m1/s1. The van der Waals surface area contributed by atoms with Crippen molar-refractivity contribution in [2.24, 2.45) is 11.8 Å². The van der Waals surface area contributed by atoms with E-state index in [2.05, 4.69) is 18.5 Å². The topological polar surface area (TPSA) is 95.9 Å². The summed E-state index contributed by atoms with van der Waals surface area (Å²) in [5, 5.41) is 12.5. The second-order valence-electron chi connectivity index (χ2n) is 10.7. The normalized spacial score (nSPS) is 12.6. The molecule has 0 saturated carbocycles. The van der Waals surface area contributed by atoms with Crippen LogP contribution in [0.5, 0.6) is 0 Å². The molecule has 2 aromatic carbocycles. The number of amides is 2. The van der Waals surface area contributed by atoms with Gasteiger partial charge < -0.3 is 20.1 Å². The van der Waals surface area contributed by atoms with E-state index in [1.165, 1.54) is 0 Å². The first-order valence-electron chi connectivity index (χ1n) is 13.9. The van der Waals surface area contributed by atoms with Crippen LogP contribution >= 0.6 is 0 Å². The van der Waals surface area contributed by atoms with E-state index in [-0.39, 0.29) is 49.9 Å². The Balaban J connectivity index is 1.99. The summed E-state index contributed by atoms with van der Waals surface area (Å²) in [4.78, 5) is 41.0. The molecule has 0 fully saturated rings. The zero-order valence-corrected chi connectivity index (χ0v) is 23.9. The van der Waals surface area contributed by atoms with Gasteiger partial charge in [-0.15, -0.1) is 13.2 Å². The number of ether oxygens (including phenoxy) is 1. The Hall–Kier alpha value is -3.71. The molecule has 2 rings (SSSR count). The summed E-state index contributed by atoms with van der Waals surface area (Å²) in [6, 6.07) is 19.3. The van der Waals surface area contributed by atoms with Crippen LogP contribution in [-0.4, -0.2) is 53.1 Å². The second-order valence-corrected chi connectivity index (χ2v) is 10.7.